The second-order valence-corrected chi connectivity index (χ2v) is 8.08. The molecule has 7 heteroatoms. The maximum absolute atomic E-state index is 6.14. The number of halogens is 1. The van der Waals surface area contributed by atoms with E-state index in [1.165, 1.54) is 16.2 Å². The smallest absolute Gasteiger partial charge is 0.203 e. The molecule has 3 aromatic rings. The number of rotatable bonds is 5. The van der Waals surface area contributed by atoms with E-state index in [4.69, 9.17) is 28.9 Å². The van der Waals surface area contributed by atoms with Gasteiger partial charge in [0.2, 0.25) is 4.77 Å². The van der Waals surface area contributed by atoms with Crippen molar-refractivity contribution in [2.45, 2.75) is 20.1 Å². The van der Waals surface area contributed by atoms with Crippen LogP contribution in [0.5, 0.6) is 0 Å². The molecule has 0 unspecified atom stereocenters. The Morgan fingerprint density at radius 3 is 2.54 bits per heavy atom. The van der Waals surface area contributed by atoms with Crippen molar-refractivity contribution in [2.24, 2.45) is 0 Å². The van der Waals surface area contributed by atoms with Crippen LogP contribution in [-0.2, 0) is 13.2 Å². The molecule has 0 amide bonds. The number of nitrogens with zero attached hydrogens (tertiary/aromatic N) is 4. The topological polar surface area (TPSA) is 30.4 Å². The van der Waals surface area contributed by atoms with E-state index in [1.807, 2.05) is 35.9 Å². The Balaban J connectivity index is 1.40. The summed E-state index contributed by atoms with van der Waals surface area (Å²) in [6.07, 6.45) is 0. The third-order valence-electron chi connectivity index (χ3n) is 5.31. The zero-order chi connectivity index (χ0) is 19.5. The summed E-state index contributed by atoms with van der Waals surface area (Å²) in [4.78, 5) is 3.90. The third-order valence-corrected chi connectivity index (χ3v) is 5.97. The van der Waals surface area contributed by atoms with Gasteiger partial charge in [0.25, 0.3) is 0 Å². The molecule has 0 aliphatic carbocycles. The highest BCUT2D eigenvalue weighted by atomic mass is 35.5. The fourth-order valence-electron chi connectivity index (χ4n) is 3.72. The first kappa shape index (κ1) is 19.2. The van der Waals surface area contributed by atoms with Gasteiger partial charge in [0.1, 0.15) is 5.82 Å². The average Bonchev–Trinajstić information content (AvgIpc) is 2.97. The van der Waals surface area contributed by atoms with E-state index in [1.54, 1.807) is 0 Å². The highest BCUT2D eigenvalue weighted by molar-refractivity contribution is 7.71. The summed E-state index contributed by atoms with van der Waals surface area (Å²) < 4.78 is 4.90. The van der Waals surface area contributed by atoms with E-state index >= 15 is 0 Å². The summed E-state index contributed by atoms with van der Waals surface area (Å²) in [7, 11) is 0. The quantitative estimate of drug-likeness (QED) is 0.651. The number of hydrogen-bond acceptors (Lipinski definition) is 3. The summed E-state index contributed by atoms with van der Waals surface area (Å²) in [6, 6.07) is 18.5. The number of piperazine rings is 1. The van der Waals surface area contributed by atoms with Gasteiger partial charge in [-0.1, -0.05) is 48.0 Å². The lowest BCUT2D eigenvalue weighted by molar-refractivity contribution is -0.924. The molecular formula is C21H25ClN5S+. The zero-order valence-corrected chi connectivity index (χ0v) is 17.6. The molecule has 0 atom stereocenters. The standard InChI is InChI=1S/C21H24ClN5S/c1-17-23-27(21(28)26(17)15-18-6-3-2-4-7-18)16-24-10-12-25(13-11-24)20-9-5-8-19(22)14-20/h2-9,14H,10-13,15-16H2,1H3/p+1. The molecule has 1 fully saturated rings. The molecule has 2 heterocycles. The minimum Gasteiger partial charge on any atom is -0.360 e. The van der Waals surface area contributed by atoms with Crippen molar-refractivity contribution in [1.29, 1.82) is 0 Å². The fourth-order valence-corrected chi connectivity index (χ4v) is 4.21. The van der Waals surface area contributed by atoms with Crippen LogP contribution in [0.15, 0.2) is 54.6 Å². The molecule has 0 radical (unpaired) electrons. The van der Waals surface area contributed by atoms with Crippen molar-refractivity contribution in [3.05, 3.63) is 75.8 Å². The van der Waals surface area contributed by atoms with Gasteiger partial charge in [0.15, 0.2) is 6.67 Å². The van der Waals surface area contributed by atoms with Crippen LogP contribution in [0.3, 0.4) is 0 Å². The first-order valence-corrected chi connectivity index (χ1v) is 10.4. The summed E-state index contributed by atoms with van der Waals surface area (Å²) in [5.41, 5.74) is 2.44. The van der Waals surface area contributed by atoms with Gasteiger partial charge in [-0.2, -0.15) is 9.78 Å². The minimum absolute atomic E-state index is 0.767. The van der Waals surface area contributed by atoms with Crippen molar-refractivity contribution in [1.82, 2.24) is 14.3 Å². The predicted octanol–water partition coefficient (Wildman–Crippen LogP) is 2.79. The number of aryl methyl sites for hydroxylation is 1. The van der Waals surface area contributed by atoms with Crippen molar-refractivity contribution < 1.29 is 4.90 Å². The van der Waals surface area contributed by atoms with Gasteiger partial charge >= 0.3 is 0 Å². The molecule has 0 bridgehead atoms. The average molecular weight is 415 g/mol. The number of aromatic nitrogens is 3. The van der Waals surface area contributed by atoms with E-state index in [0.29, 0.717) is 0 Å². The largest absolute Gasteiger partial charge is 0.360 e. The highest BCUT2D eigenvalue weighted by Gasteiger charge is 2.21. The van der Waals surface area contributed by atoms with E-state index in [9.17, 15) is 0 Å². The minimum atomic E-state index is 0.767. The van der Waals surface area contributed by atoms with E-state index in [0.717, 1.165) is 55.0 Å². The molecule has 5 nitrogen and oxygen atoms in total. The normalized spacial score (nSPS) is 15.1. The molecule has 1 aromatic heterocycles. The maximum Gasteiger partial charge on any atom is 0.203 e. The number of benzene rings is 2. The maximum atomic E-state index is 6.14. The molecule has 0 spiro atoms. The van der Waals surface area contributed by atoms with E-state index in [-0.39, 0.29) is 0 Å². The van der Waals surface area contributed by atoms with Crippen LogP contribution in [0.4, 0.5) is 5.69 Å². The highest BCUT2D eigenvalue weighted by Crippen LogP contribution is 2.19. The SMILES string of the molecule is Cc1nn(C[NH+]2CCN(c3cccc(Cl)c3)CC2)c(=S)n1Cc1ccccc1. The number of anilines is 1. The van der Waals surface area contributed by atoms with Gasteiger partial charge in [-0.25, -0.2) is 0 Å². The second-order valence-electron chi connectivity index (χ2n) is 7.28. The summed E-state index contributed by atoms with van der Waals surface area (Å²) in [6.45, 7) is 7.73. The van der Waals surface area contributed by atoms with Gasteiger partial charge in [0.05, 0.1) is 32.7 Å². The lowest BCUT2D eigenvalue weighted by Gasteiger charge is -2.33. The Hall–Kier alpha value is -2.15. The lowest BCUT2D eigenvalue weighted by Crippen LogP contribution is -3.14. The zero-order valence-electron chi connectivity index (χ0n) is 16.0. The van der Waals surface area contributed by atoms with Gasteiger partial charge in [0, 0.05) is 10.7 Å². The molecule has 1 saturated heterocycles. The Morgan fingerprint density at radius 1 is 1.07 bits per heavy atom. The van der Waals surface area contributed by atoms with E-state index < -0.39 is 0 Å². The molecule has 1 N–H and O–H groups in total. The summed E-state index contributed by atoms with van der Waals surface area (Å²) in [5, 5.41) is 5.50. The van der Waals surface area contributed by atoms with Crippen molar-refractivity contribution >= 4 is 29.5 Å². The van der Waals surface area contributed by atoms with Crippen molar-refractivity contribution in [3.8, 4) is 0 Å². The van der Waals surface area contributed by atoms with Crippen LogP contribution in [0.1, 0.15) is 11.4 Å². The second kappa shape index (κ2) is 8.47. The molecule has 146 valence electrons. The Morgan fingerprint density at radius 2 is 1.82 bits per heavy atom. The van der Waals surface area contributed by atoms with Gasteiger partial charge in [-0.3, -0.25) is 4.57 Å². The summed E-state index contributed by atoms with van der Waals surface area (Å²) in [5.74, 6) is 0.964. The van der Waals surface area contributed by atoms with E-state index in [2.05, 4.69) is 39.8 Å². The van der Waals surface area contributed by atoms with Gasteiger partial charge < -0.3 is 9.80 Å². The fraction of sp³-hybridized carbons (Fsp3) is 0.333. The van der Waals surface area contributed by atoms with Crippen LogP contribution in [0, 0.1) is 11.7 Å². The van der Waals surface area contributed by atoms with Crippen LogP contribution >= 0.6 is 23.8 Å². The van der Waals surface area contributed by atoms with Crippen LogP contribution in [-0.4, -0.2) is 40.5 Å². The number of quaternary nitrogens is 1. The molecule has 2 aromatic carbocycles. The van der Waals surface area contributed by atoms with Crippen LogP contribution in [0.2, 0.25) is 5.02 Å². The third kappa shape index (κ3) is 4.29. The first-order valence-electron chi connectivity index (χ1n) is 9.62. The Labute approximate surface area is 175 Å². The predicted molar refractivity (Wildman–Crippen MR) is 116 cm³/mol. The molecule has 0 saturated carbocycles. The van der Waals surface area contributed by atoms with Crippen molar-refractivity contribution in [2.75, 3.05) is 31.1 Å². The van der Waals surface area contributed by atoms with Gasteiger partial charge in [-0.05, 0) is 42.9 Å². The first-order chi connectivity index (χ1) is 13.6. The molecule has 1 aliphatic rings. The number of hydrogen-bond donors (Lipinski definition) is 1. The molecule has 1 aliphatic heterocycles. The van der Waals surface area contributed by atoms with Crippen LogP contribution < -0.4 is 9.80 Å². The van der Waals surface area contributed by atoms with Crippen molar-refractivity contribution in [3.63, 3.8) is 0 Å². The Kier molecular flexibility index (Phi) is 5.80. The molecular weight excluding hydrogens is 390 g/mol. The molecule has 4 rings (SSSR count). The number of nitrogens with one attached hydrogen (secondary N) is 1. The lowest BCUT2D eigenvalue weighted by atomic mass is 10.2. The molecule has 28 heavy (non-hydrogen) atoms. The monoisotopic (exact) mass is 414 g/mol. The summed E-state index contributed by atoms with van der Waals surface area (Å²) >= 11 is 11.9. The van der Waals surface area contributed by atoms with Crippen LogP contribution in [0.25, 0.3) is 0 Å². The Bertz CT molecular complexity index is 990. The van der Waals surface area contributed by atoms with Gasteiger partial charge in [-0.15, -0.1) is 0 Å².